The van der Waals surface area contributed by atoms with Gasteiger partial charge in [-0.1, -0.05) is 33.3 Å². The second-order valence-corrected chi connectivity index (χ2v) is 6.59. The minimum atomic E-state index is -0.505. The molecule has 3 aliphatic rings. The Morgan fingerprint density at radius 1 is 1.38 bits per heavy atom. The number of carbonyl (C=O) groups is 1. The van der Waals surface area contributed by atoms with Crippen LogP contribution < -0.4 is 0 Å². The molecule has 0 unspecified atom stereocenters. The van der Waals surface area contributed by atoms with E-state index in [4.69, 9.17) is 1.37 Å². The van der Waals surface area contributed by atoms with E-state index in [1.54, 1.807) is 6.08 Å². The summed E-state index contributed by atoms with van der Waals surface area (Å²) in [5, 5.41) is 0. The van der Waals surface area contributed by atoms with E-state index in [0.29, 0.717) is 17.3 Å². The molecule has 88 valence electrons. The molecule has 0 aromatic rings. The molecule has 3 rings (SSSR count). The molecule has 1 nitrogen and oxygen atoms in total. The smallest absolute Gasteiger partial charge is 0.159 e. The first kappa shape index (κ1) is 9.44. The van der Waals surface area contributed by atoms with Gasteiger partial charge in [-0.05, 0) is 48.0 Å². The first-order chi connectivity index (χ1) is 7.77. The Morgan fingerprint density at radius 3 is 2.75 bits per heavy atom. The summed E-state index contributed by atoms with van der Waals surface area (Å²) in [5.41, 5.74) is 1.52. The predicted octanol–water partition coefficient (Wildman–Crippen LogP) is 3.45. The molecule has 0 bridgehead atoms. The summed E-state index contributed by atoms with van der Waals surface area (Å²) in [6.07, 6.45) is 3.88. The highest BCUT2D eigenvalue weighted by molar-refractivity contribution is 5.95. The number of ketones is 1. The van der Waals surface area contributed by atoms with Crippen LogP contribution in [0.4, 0.5) is 0 Å². The van der Waals surface area contributed by atoms with E-state index in [2.05, 4.69) is 20.8 Å². The van der Waals surface area contributed by atoms with Gasteiger partial charge in [0.25, 0.3) is 0 Å². The molecule has 16 heavy (non-hydrogen) atoms. The van der Waals surface area contributed by atoms with Gasteiger partial charge in [-0.3, -0.25) is 4.79 Å². The molecule has 2 fully saturated rings. The summed E-state index contributed by atoms with van der Waals surface area (Å²) < 4.78 is 8.49. The van der Waals surface area contributed by atoms with Gasteiger partial charge >= 0.3 is 0 Å². The Bertz CT molecular complexity index is 419. The van der Waals surface area contributed by atoms with Crippen LogP contribution in [-0.4, -0.2) is 5.78 Å². The van der Waals surface area contributed by atoms with Crippen LogP contribution in [0.25, 0.3) is 0 Å². The molecular weight excluding hydrogens is 196 g/mol. The Morgan fingerprint density at radius 2 is 2.06 bits per heavy atom. The lowest BCUT2D eigenvalue weighted by atomic mass is 9.80. The zero-order valence-corrected chi connectivity index (χ0v) is 10.7. The number of allylic oxidation sites excluding steroid dienone is 2. The molecule has 0 aromatic heterocycles. The Labute approximate surface area is 99.7 Å². The Kier molecular flexibility index (Phi) is 1.77. The molecule has 2 saturated carbocycles. The lowest BCUT2D eigenvalue weighted by Crippen LogP contribution is -2.19. The molecule has 0 radical (unpaired) electrons. The van der Waals surface area contributed by atoms with Gasteiger partial charge in [0.05, 0.1) is 0 Å². The van der Waals surface area contributed by atoms with E-state index in [-0.39, 0.29) is 11.7 Å². The van der Waals surface area contributed by atoms with Crippen molar-refractivity contribution in [3.63, 3.8) is 0 Å². The predicted molar refractivity (Wildman–Crippen MR) is 64.9 cm³/mol. The third kappa shape index (κ3) is 1.15. The number of fused-ring (bicyclic) bond motifs is 3. The van der Waals surface area contributed by atoms with Crippen LogP contribution in [0.15, 0.2) is 11.6 Å². The van der Waals surface area contributed by atoms with E-state index in [9.17, 15) is 4.79 Å². The van der Waals surface area contributed by atoms with Crippen molar-refractivity contribution < 1.29 is 6.17 Å². The van der Waals surface area contributed by atoms with Crippen molar-refractivity contribution in [3.05, 3.63) is 11.6 Å². The minimum Gasteiger partial charge on any atom is -0.295 e. The number of hydrogen-bond donors (Lipinski definition) is 0. The molecule has 0 aliphatic heterocycles. The van der Waals surface area contributed by atoms with Crippen LogP contribution in [0.3, 0.4) is 0 Å². The average Bonchev–Trinajstić information content (AvgIpc) is 2.66. The first-order valence-corrected chi connectivity index (χ1v) is 6.53. The van der Waals surface area contributed by atoms with Gasteiger partial charge in [0.2, 0.25) is 0 Å². The normalized spacial score (nSPS) is 54.6. The Hall–Kier alpha value is -0.590. The fourth-order valence-corrected chi connectivity index (χ4v) is 4.31. The highest BCUT2D eigenvalue weighted by Gasteiger charge is 2.64. The summed E-state index contributed by atoms with van der Waals surface area (Å²) >= 11 is 0. The largest absolute Gasteiger partial charge is 0.295 e. The molecular formula is C15H22O. The van der Waals surface area contributed by atoms with Gasteiger partial charge in [0.15, 0.2) is 5.78 Å². The van der Waals surface area contributed by atoms with Crippen molar-refractivity contribution in [2.45, 2.75) is 40.5 Å². The van der Waals surface area contributed by atoms with Gasteiger partial charge in [-0.2, -0.15) is 0 Å². The van der Waals surface area contributed by atoms with Gasteiger partial charge in [0, 0.05) is 7.29 Å². The van der Waals surface area contributed by atoms with Crippen LogP contribution in [0, 0.1) is 35.0 Å². The first-order valence-electron chi connectivity index (χ1n) is 7.03. The second-order valence-electron chi connectivity index (χ2n) is 6.59. The molecule has 0 spiro atoms. The third-order valence-electron chi connectivity index (χ3n) is 5.49. The highest BCUT2D eigenvalue weighted by Crippen LogP contribution is 2.69. The zero-order valence-electron chi connectivity index (χ0n) is 11.7. The fraction of sp³-hybridized carbons (Fsp3) is 0.800. The van der Waals surface area contributed by atoms with Crippen molar-refractivity contribution >= 4 is 5.78 Å². The van der Waals surface area contributed by atoms with E-state index in [1.807, 2.05) is 6.92 Å². The highest BCUT2D eigenvalue weighted by atomic mass is 16.1. The van der Waals surface area contributed by atoms with E-state index in [0.717, 1.165) is 24.3 Å². The summed E-state index contributed by atoms with van der Waals surface area (Å²) in [6, 6.07) is 0. The van der Waals surface area contributed by atoms with Crippen LogP contribution in [0.5, 0.6) is 0 Å². The average molecular weight is 219 g/mol. The lowest BCUT2D eigenvalue weighted by molar-refractivity contribution is -0.118. The minimum absolute atomic E-state index is 0.113. The quantitative estimate of drug-likeness (QED) is 0.610. The van der Waals surface area contributed by atoms with Crippen LogP contribution in [0.1, 0.15) is 41.9 Å². The van der Waals surface area contributed by atoms with Crippen molar-refractivity contribution in [2.75, 3.05) is 0 Å². The molecule has 0 aromatic carbocycles. The van der Waals surface area contributed by atoms with Gasteiger partial charge in [0.1, 0.15) is 0 Å². The fourth-order valence-electron chi connectivity index (χ4n) is 4.31. The van der Waals surface area contributed by atoms with Crippen molar-refractivity contribution in [1.29, 1.82) is 0 Å². The number of carbonyl (C=O) groups excluding carboxylic acids is 1. The van der Waals surface area contributed by atoms with Crippen LogP contribution in [-0.2, 0) is 4.79 Å². The van der Waals surface area contributed by atoms with Crippen LogP contribution in [0.2, 0.25) is 0 Å². The summed E-state index contributed by atoms with van der Waals surface area (Å²) in [5.74, 6) is 1.59. The zero-order chi connectivity index (χ0) is 12.6. The summed E-state index contributed by atoms with van der Waals surface area (Å²) in [7, 11) is 0. The maximum absolute atomic E-state index is 12.0. The van der Waals surface area contributed by atoms with Gasteiger partial charge in [-0.25, -0.2) is 0 Å². The molecule has 5 atom stereocenters. The number of hydrogen-bond acceptors (Lipinski definition) is 1. The molecule has 1 heteroatoms. The SMILES string of the molecule is [2H][C@@]1(C)CC[C@@H]2[C@H]([C@H]3C1=CC(=O)[C@H]3C)C2(C)C. The topological polar surface area (TPSA) is 17.1 Å². The molecule has 3 aliphatic carbocycles. The standard InChI is InChI=1S/C15H22O/c1-8-5-6-11-14(15(11,3)4)13-9(2)12(16)7-10(8)13/h7-9,11,13-14H,5-6H2,1-4H3/t8-,9-,11-,13-,14-/m1/s1/i8D. The van der Waals surface area contributed by atoms with Crippen LogP contribution >= 0.6 is 0 Å². The molecule has 0 saturated heterocycles. The second kappa shape index (κ2) is 3.00. The van der Waals surface area contributed by atoms with Crippen molar-refractivity contribution in [1.82, 2.24) is 0 Å². The van der Waals surface area contributed by atoms with E-state index in [1.165, 1.54) is 0 Å². The monoisotopic (exact) mass is 219 g/mol. The molecule has 0 amide bonds. The third-order valence-corrected chi connectivity index (χ3v) is 5.49. The van der Waals surface area contributed by atoms with Crippen molar-refractivity contribution in [2.24, 2.45) is 35.0 Å². The summed E-state index contributed by atoms with van der Waals surface area (Å²) in [4.78, 5) is 12.0. The number of rotatable bonds is 0. The molecule has 0 N–H and O–H groups in total. The molecule has 0 heterocycles. The Balaban J connectivity index is 2.05. The summed E-state index contributed by atoms with van der Waals surface area (Å²) in [6.45, 7) is 8.72. The maximum Gasteiger partial charge on any atom is 0.159 e. The maximum atomic E-state index is 12.0. The van der Waals surface area contributed by atoms with Gasteiger partial charge < -0.3 is 0 Å². The van der Waals surface area contributed by atoms with E-state index >= 15 is 0 Å². The van der Waals surface area contributed by atoms with E-state index < -0.39 is 5.89 Å². The van der Waals surface area contributed by atoms with Crippen molar-refractivity contribution in [3.8, 4) is 0 Å². The van der Waals surface area contributed by atoms with Gasteiger partial charge in [-0.15, -0.1) is 0 Å². The lowest BCUT2D eigenvalue weighted by Gasteiger charge is -2.23.